The molecule has 0 atom stereocenters. The van der Waals surface area contributed by atoms with Crippen LogP contribution in [0.15, 0.2) is 47.5 Å². The predicted octanol–water partition coefficient (Wildman–Crippen LogP) is 5.12. The second-order valence-electron chi connectivity index (χ2n) is 9.41. The Labute approximate surface area is 193 Å². The molecule has 2 aromatic carbocycles. The van der Waals surface area contributed by atoms with Gasteiger partial charge >= 0.3 is 12.3 Å². The lowest BCUT2D eigenvalue weighted by Gasteiger charge is -2.26. The molecule has 1 saturated heterocycles. The molecule has 34 heavy (non-hydrogen) atoms. The first-order valence-corrected chi connectivity index (χ1v) is 10.9. The highest BCUT2D eigenvalue weighted by molar-refractivity contribution is 5.95. The number of hydrogen-bond donors (Lipinski definition) is 1. The third-order valence-corrected chi connectivity index (χ3v) is 5.33. The number of ether oxygens (including phenoxy) is 1. The summed E-state index contributed by atoms with van der Waals surface area (Å²) in [4.78, 5) is 33.7. The molecule has 2 heterocycles. The largest absolute Gasteiger partial charge is 0.449 e. The fourth-order valence-electron chi connectivity index (χ4n) is 3.83. The van der Waals surface area contributed by atoms with Crippen LogP contribution in [0.4, 0.5) is 23.7 Å². The molecule has 1 fully saturated rings. The maximum atomic E-state index is 13.1. The van der Waals surface area contributed by atoms with Gasteiger partial charge in [0.2, 0.25) is 5.62 Å². The van der Waals surface area contributed by atoms with Crippen LogP contribution in [0.2, 0.25) is 0 Å². The van der Waals surface area contributed by atoms with E-state index >= 15 is 0 Å². The standard InChI is InChI=1S/C24H25F3N4O3/c1-23(2,3)14-31-19-9-8-17(30-10-5-11-34-22(30)33)13-18(19)28-21(31)29-20(32)15-6-4-7-16(12-15)24(25,26)27/h4,6-9,12-13H,5,10-11,14H2,1-3H3,(H,28,29,32). The quantitative estimate of drug-likeness (QED) is 0.572. The average Bonchev–Trinajstić information content (AvgIpc) is 3.08. The highest BCUT2D eigenvalue weighted by Gasteiger charge is 2.31. The zero-order valence-corrected chi connectivity index (χ0v) is 19.1. The van der Waals surface area contributed by atoms with Crippen LogP contribution in [-0.4, -0.2) is 34.7 Å². The molecule has 2 amide bonds. The van der Waals surface area contributed by atoms with Crippen LogP contribution in [0.1, 0.15) is 43.1 Å². The van der Waals surface area contributed by atoms with Gasteiger partial charge in [0.1, 0.15) is 0 Å². The van der Waals surface area contributed by atoms with E-state index in [-0.39, 0.29) is 16.6 Å². The van der Waals surface area contributed by atoms with Crippen molar-refractivity contribution in [3.8, 4) is 0 Å². The molecule has 0 unspecified atom stereocenters. The van der Waals surface area contributed by atoms with Crippen molar-refractivity contribution in [2.24, 2.45) is 10.4 Å². The zero-order chi connectivity index (χ0) is 24.7. The number of aromatic amines is 1. The molecular weight excluding hydrogens is 449 g/mol. The molecule has 0 bridgehead atoms. The summed E-state index contributed by atoms with van der Waals surface area (Å²) < 4.78 is 46.2. The number of aromatic nitrogens is 2. The number of halogens is 3. The summed E-state index contributed by atoms with van der Waals surface area (Å²) in [6.07, 6.45) is -4.27. The van der Waals surface area contributed by atoms with Crippen LogP contribution >= 0.6 is 0 Å². The maximum Gasteiger partial charge on any atom is 0.416 e. The van der Waals surface area contributed by atoms with E-state index in [1.54, 1.807) is 12.1 Å². The Morgan fingerprint density at radius 2 is 1.91 bits per heavy atom. The van der Waals surface area contributed by atoms with Crippen molar-refractivity contribution in [2.75, 3.05) is 18.1 Å². The van der Waals surface area contributed by atoms with Gasteiger partial charge in [0.05, 0.1) is 23.2 Å². The Morgan fingerprint density at radius 3 is 2.59 bits per heavy atom. The summed E-state index contributed by atoms with van der Waals surface area (Å²) in [5.41, 5.74) is 0.982. The molecule has 0 radical (unpaired) electrons. The Hall–Kier alpha value is -3.56. The van der Waals surface area contributed by atoms with E-state index in [1.807, 2.05) is 31.4 Å². The summed E-state index contributed by atoms with van der Waals surface area (Å²) in [5, 5.41) is 0. The average molecular weight is 474 g/mol. The van der Waals surface area contributed by atoms with Crippen molar-refractivity contribution in [2.45, 2.75) is 39.9 Å². The predicted molar refractivity (Wildman–Crippen MR) is 120 cm³/mol. The topological polar surface area (TPSA) is 79.7 Å². The van der Waals surface area contributed by atoms with Gasteiger partial charge < -0.3 is 14.3 Å². The minimum Gasteiger partial charge on any atom is -0.449 e. The lowest BCUT2D eigenvalue weighted by molar-refractivity contribution is -0.137. The van der Waals surface area contributed by atoms with E-state index in [0.717, 1.165) is 17.6 Å². The van der Waals surface area contributed by atoms with Gasteiger partial charge in [0.15, 0.2) is 0 Å². The van der Waals surface area contributed by atoms with E-state index in [0.29, 0.717) is 37.3 Å². The number of nitrogens with zero attached hydrogens (tertiary/aromatic N) is 3. The molecule has 10 heteroatoms. The molecule has 1 aromatic heterocycles. The molecular formula is C24H25F3N4O3. The third kappa shape index (κ3) is 5.00. The number of imidazole rings is 1. The number of nitrogens with one attached hydrogen (secondary N) is 1. The number of benzene rings is 2. The van der Waals surface area contributed by atoms with E-state index < -0.39 is 23.7 Å². The van der Waals surface area contributed by atoms with Crippen LogP contribution < -0.4 is 10.5 Å². The van der Waals surface area contributed by atoms with Crippen LogP contribution in [0.25, 0.3) is 11.0 Å². The molecule has 3 aromatic rings. The van der Waals surface area contributed by atoms with Crippen molar-refractivity contribution < 1.29 is 27.5 Å². The Balaban J connectivity index is 1.80. The monoisotopic (exact) mass is 474 g/mol. The molecule has 1 N–H and O–H groups in total. The van der Waals surface area contributed by atoms with Gasteiger partial charge in [-0.15, -0.1) is 0 Å². The maximum absolute atomic E-state index is 13.1. The number of alkyl halides is 3. The number of anilines is 1. The van der Waals surface area contributed by atoms with Crippen molar-refractivity contribution in [1.29, 1.82) is 0 Å². The fourth-order valence-corrected chi connectivity index (χ4v) is 3.83. The SMILES string of the molecule is CC(C)(C)Cn1/c(=N/C(=O)c2cccc(C(F)(F)F)c2)[nH]c2cc(N3CCCOC3=O)ccc21. The van der Waals surface area contributed by atoms with Crippen molar-refractivity contribution in [1.82, 2.24) is 9.55 Å². The Bertz CT molecular complexity index is 1320. The molecule has 7 nitrogen and oxygen atoms in total. The van der Waals surface area contributed by atoms with Gasteiger partial charge in [-0.25, -0.2) is 4.79 Å². The van der Waals surface area contributed by atoms with Gasteiger partial charge in [0.25, 0.3) is 5.91 Å². The van der Waals surface area contributed by atoms with Crippen LogP contribution in [0.3, 0.4) is 0 Å². The van der Waals surface area contributed by atoms with Gasteiger partial charge in [-0.1, -0.05) is 26.8 Å². The number of H-pyrrole nitrogens is 1. The van der Waals surface area contributed by atoms with E-state index in [2.05, 4.69) is 9.98 Å². The molecule has 0 aliphatic carbocycles. The van der Waals surface area contributed by atoms with Gasteiger partial charge in [-0.2, -0.15) is 18.2 Å². The normalized spacial score (nSPS) is 15.6. The first-order valence-electron chi connectivity index (χ1n) is 10.9. The number of cyclic esters (lactones) is 1. The lowest BCUT2D eigenvalue weighted by Crippen LogP contribution is -2.37. The second kappa shape index (κ2) is 8.66. The highest BCUT2D eigenvalue weighted by Crippen LogP contribution is 2.30. The number of carbonyl (C=O) groups is 2. The first-order chi connectivity index (χ1) is 15.9. The summed E-state index contributed by atoms with van der Waals surface area (Å²) in [6.45, 7) is 7.47. The molecule has 4 rings (SSSR count). The zero-order valence-electron chi connectivity index (χ0n) is 19.1. The lowest BCUT2D eigenvalue weighted by atomic mass is 9.97. The van der Waals surface area contributed by atoms with Crippen LogP contribution in [0.5, 0.6) is 0 Å². The fraction of sp³-hybridized carbons (Fsp3) is 0.375. The summed E-state index contributed by atoms with van der Waals surface area (Å²) in [5.74, 6) is -0.792. The summed E-state index contributed by atoms with van der Waals surface area (Å²) >= 11 is 0. The van der Waals surface area contributed by atoms with Crippen LogP contribution in [-0.2, 0) is 17.5 Å². The van der Waals surface area contributed by atoms with Crippen molar-refractivity contribution in [3.63, 3.8) is 0 Å². The van der Waals surface area contributed by atoms with Crippen LogP contribution in [0, 0.1) is 5.41 Å². The van der Waals surface area contributed by atoms with E-state index in [4.69, 9.17) is 4.74 Å². The molecule has 1 aliphatic rings. The first kappa shape index (κ1) is 23.6. The van der Waals surface area contributed by atoms with E-state index in [9.17, 15) is 22.8 Å². The minimum absolute atomic E-state index is 0.160. The van der Waals surface area contributed by atoms with E-state index in [1.165, 1.54) is 17.0 Å². The number of carbonyl (C=O) groups excluding carboxylic acids is 2. The van der Waals surface area contributed by atoms with Gasteiger partial charge in [-0.05, 0) is 48.2 Å². The molecule has 0 spiro atoms. The molecule has 180 valence electrons. The highest BCUT2D eigenvalue weighted by atomic mass is 19.4. The van der Waals surface area contributed by atoms with Crippen molar-refractivity contribution >= 4 is 28.7 Å². The van der Waals surface area contributed by atoms with Gasteiger partial charge in [-0.3, -0.25) is 9.69 Å². The second-order valence-corrected chi connectivity index (χ2v) is 9.41. The summed E-state index contributed by atoms with van der Waals surface area (Å²) in [7, 11) is 0. The molecule has 0 saturated carbocycles. The minimum atomic E-state index is -4.56. The number of rotatable bonds is 3. The Morgan fingerprint density at radius 1 is 1.15 bits per heavy atom. The number of fused-ring (bicyclic) bond motifs is 1. The smallest absolute Gasteiger partial charge is 0.416 e. The molecule has 1 aliphatic heterocycles. The number of hydrogen-bond acceptors (Lipinski definition) is 3. The third-order valence-electron chi connectivity index (χ3n) is 5.33. The number of amides is 2. The van der Waals surface area contributed by atoms with Gasteiger partial charge in [0, 0.05) is 24.3 Å². The summed E-state index contributed by atoms with van der Waals surface area (Å²) in [6, 6.07) is 9.58. The Kier molecular flexibility index (Phi) is 6.01. The van der Waals surface area contributed by atoms with Crippen molar-refractivity contribution in [3.05, 3.63) is 59.2 Å².